The molecule has 4 rings (SSSR count). The minimum atomic E-state index is -0.699. The highest BCUT2D eigenvalue weighted by atomic mass is 32.1. The number of hydrogen-bond acceptors (Lipinski definition) is 7. The van der Waals surface area contributed by atoms with Gasteiger partial charge < -0.3 is 14.6 Å². The molecule has 8 heteroatoms. The summed E-state index contributed by atoms with van der Waals surface area (Å²) in [7, 11) is 0. The molecular formula is C26H24N2O5S. The van der Waals surface area contributed by atoms with Crippen LogP contribution >= 0.6 is 11.3 Å². The second-order valence-electron chi connectivity index (χ2n) is 7.57. The predicted molar refractivity (Wildman–Crippen MR) is 131 cm³/mol. The Kier molecular flexibility index (Phi) is 6.79. The van der Waals surface area contributed by atoms with E-state index in [9.17, 15) is 14.7 Å². The summed E-state index contributed by atoms with van der Waals surface area (Å²) in [5.74, 6) is 0.250. The van der Waals surface area contributed by atoms with Crippen LogP contribution in [0.1, 0.15) is 31.0 Å². The number of benzene rings is 2. The van der Waals surface area contributed by atoms with Gasteiger partial charge in [0.25, 0.3) is 5.56 Å². The van der Waals surface area contributed by atoms with Crippen LogP contribution in [0.15, 0.2) is 82.2 Å². The molecule has 0 fully saturated rings. The van der Waals surface area contributed by atoms with Gasteiger partial charge in [0, 0.05) is 0 Å². The number of ether oxygens (including phenoxy) is 2. The van der Waals surface area contributed by atoms with Crippen molar-refractivity contribution < 1.29 is 19.4 Å². The highest BCUT2D eigenvalue weighted by Gasteiger charge is 2.33. The molecule has 0 bridgehead atoms. The molecule has 0 saturated heterocycles. The zero-order valence-electron chi connectivity index (χ0n) is 18.9. The van der Waals surface area contributed by atoms with Crippen LogP contribution in [0.5, 0.6) is 11.5 Å². The predicted octanol–water partition coefficient (Wildman–Crippen LogP) is 3.07. The van der Waals surface area contributed by atoms with E-state index in [1.54, 1.807) is 62.4 Å². The van der Waals surface area contributed by atoms with Crippen molar-refractivity contribution in [2.24, 2.45) is 4.99 Å². The van der Waals surface area contributed by atoms with Crippen molar-refractivity contribution in [3.63, 3.8) is 0 Å². The van der Waals surface area contributed by atoms with Gasteiger partial charge in [-0.15, -0.1) is 0 Å². The molecule has 0 radical (unpaired) electrons. The number of phenolic OH excluding ortho intramolecular Hbond substituents is 1. The third-order valence-corrected chi connectivity index (χ3v) is 6.23. The molecule has 2 heterocycles. The van der Waals surface area contributed by atoms with Gasteiger partial charge in [0.05, 0.1) is 28.5 Å². The Morgan fingerprint density at radius 3 is 2.71 bits per heavy atom. The first-order valence-electron chi connectivity index (χ1n) is 10.7. The topological polar surface area (TPSA) is 90.1 Å². The van der Waals surface area contributed by atoms with Gasteiger partial charge in [-0.2, -0.15) is 0 Å². The molecule has 34 heavy (non-hydrogen) atoms. The van der Waals surface area contributed by atoms with Gasteiger partial charge in [0.1, 0.15) is 18.1 Å². The molecule has 174 valence electrons. The summed E-state index contributed by atoms with van der Waals surface area (Å²) in [6, 6.07) is 13.2. The van der Waals surface area contributed by atoms with Crippen LogP contribution in [0.2, 0.25) is 0 Å². The van der Waals surface area contributed by atoms with Crippen LogP contribution < -0.4 is 19.6 Å². The number of thiazole rings is 1. The van der Waals surface area contributed by atoms with Gasteiger partial charge >= 0.3 is 5.97 Å². The fourth-order valence-electron chi connectivity index (χ4n) is 3.77. The summed E-state index contributed by atoms with van der Waals surface area (Å²) >= 11 is 1.23. The van der Waals surface area contributed by atoms with E-state index in [-0.39, 0.29) is 17.9 Å². The van der Waals surface area contributed by atoms with Crippen molar-refractivity contribution in [1.29, 1.82) is 0 Å². The number of allylic oxidation sites excluding steroid dienone is 1. The monoisotopic (exact) mass is 476 g/mol. The van der Waals surface area contributed by atoms with Crippen molar-refractivity contribution in [2.45, 2.75) is 19.9 Å². The van der Waals surface area contributed by atoms with E-state index in [2.05, 4.69) is 11.6 Å². The largest absolute Gasteiger partial charge is 0.508 e. The lowest BCUT2D eigenvalue weighted by atomic mass is 9.96. The van der Waals surface area contributed by atoms with Gasteiger partial charge in [-0.05, 0) is 55.3 Å². The maximum Gasteiger partial charge on any atom is 0.338 e. The first kappa shape index (κ1) is 23.3. The van der Waals surface area contributed by atoms with Crippen molar-refractivity contribution in [2.75, 3.05) is 13.2 Å². The fourth-order valence-corrected chi connectivity index (χ4v) is 4.82. The first-order valence-corrected chi connectivity index (χ1v) is 11.6. The lowest BCUT2D eigenvalue weighted by Crippen LogP contribution is -2.39. The Morgan fingerprint density at radius 1 is 1.26 bits per heavy atom. The first-order chi connectivity index (χ1) is 16.4. The van der Waals surface area contributed by atoms with Crippen LogP contribution in [0.25, 0.3) is 6.08 Å². The number of aromatic hydroxyl groups is 1. The number of phenols is 1. The summed E-state index contributed by atoms with van der Waals surface area (Å²) in [5.41, 5.74) is 1.96. The number of esters is 1. The Labute approximate surface area is 200 Å². The van der Waals surface area contributed by atoms with Crippen LogP contribution in [0, 0.1) is 0 Å². The quantitative estimate of drug-likeness (QED) is 0.418. The van der Waals surface area contributed by atoms with Crippen molar-refractivity contribution in [3.8, 4) is 11.5 Å². The van der Waals surface area contributed by atoms with E-state index < -0.39 is 12.0 Å². The average molecular weight is 477 g/mol. The summed E-state index contributed by atoms with van der Waals surface area (Å²) in [6.07, 6.45) is 3.36. The summed E-state index contributed by atoms with van der Waals surface area (Å²) < 4.78 is 12.9. The van der Waals surface area contributed by atoms with Gasteiger partial charge in [0.2, 0.25) is 0 Å². The molecule has 3 aromatic rings. The number of fused-ring (bicyclic) bond motifs is 1. The zero-order valence-corrected chi connectivity index (χ0v) is 19.7. The Hall–Kier alpha value is -3.91. The number of aromatic nitrogens is 1. The molecule has 1 aliphatic heterocycles. The molecule has 0 spiro atoms. The van der Waals surface area contributed by atoms with Crippen molar-refractivity contribution in [3.05, 3.63) is 103 Å². The highest BCUT2D eigenvalue weighted by molar-refractivity contribution is 7.07. The molecule has 0 aliphatic carbocycles. The third-order valence-electron chi connectivity index (χ3n) is 5.25. The normalized spacial score (nSPS) is 15.5. The number of hydrogen-bond donors (Lipinski definition) is 1. The molecule has 2 aromatic carbocycles. The number of nitrogens with zero attached hydrogens (tertiary/aromatic N) is 2. The van der Waals surface area contributed by atoms with E-state index in [1.807, 2.05) is 12.1 Å². The Bertz CT molecular complexity index is 1450. The lowest BCUT2D eigenvalue weighted by molar-refractivity contribution is -0.139. The standard InChI is InChI=1S/C26H24N2O5S/c1-4-13-33-20-11-9-18(10-12-20)23-22(25(31)32-5-2)16(3)27-26-28(23)24(30)21(34-26)15-17-7-6-8-19(29)14-17/h4,6-12,14-15,23,29H,1,5,13H2,2-3H3/t23-/m0/s1. The molecular weight excluding hydrogens is 452 g/mol. The van der Waals surface area contributed by atoms with Crippen LogP contribution in [0.4, 0.5) is 0 Å². The van der Waals surface area contributed by atoms with E-state index in [0.717, 1.165) is 5.56 Å². The Balaban J connectivity index is 1.89. The number of rotatable bonds is 7. The van der Waals surface area contributed by atoms with Crippen LogP contribution in [-0.4, -0.2) is 28.9 Å². The van der Waals surface area contributed by atoms with Gasteiger partial charge in [0.15, 0.2) is 4.80 Å². The zero-order chi connectivity index (χ0) is 24.2. The average Bonchev–Trinajstić information content (AvgIpc) is 3.11. The summed E-state index contributed by atoms with van der Waals surface area (Å²) in [5, 5.41) is 9.78. The van der Waals surface area contributed by atoms with E-state index in [0.29, 0.717) is 38.5 Å². The molecule has 0 unspecified atom stereocenters. The third kappa shape index (κ3) is 4.58. The highest BCUT2D eigenvalue weighted by Crippen LogP contribution is 2.31. The van der Waals surface area contributed by atoms with E-state index >= 15 is 0 Å². The molecule has 1 aliphatic rings. The second kappa shape index (κ2) is 9.93. The Morgan fingerprint density at radius 2 is 2.03 bits per heavy atom. The molecule has 7 nitrogen and oxygen atoms in total. The van der Waals surface area contributed by atoms with Crippen LogP contribution in [-0.2, 0) is 9.53 Å². The fraction of sp³-hybridized carbons (Fsp3) is 0.192. The molecule has 1 aromatic heterocycles. The SMILES string of the molecule is C=CCOc1ccc([C@H]2C(C(=O)OCC)=C(C)N=c3sc(=Cc4cccc(O)c4)c(=O)n32)cc1. The van der Waals surface area contributed by atoms with Crippen molar-refractivity contribution >= 4 is 23.4 Å². The minimum Gasteiger partial charge on any atom is -0.508 e. The smallest absolute Gasteiger partial charge is 0.338 e. The molecule has 0 amide bonds. The summed E-state index contributed by atoms with van der Waals surface area (Å²) in [4.78, 5) is 31.5. The van der Waals surface area contributed by atoms with E-state index in [1.165, 1.54) is 15.9 Å². The maximum atomic E-state index is 13.5. The van der Waals surface area contributed by atoms with Gasteiger partial charge in [-0.1, -0.05) is 48.3 Å². The molecule has 1 atom stereocenters. The maximum absolute atomic E-state index is 13.5. The number of carbonyl (C=O) groups excluding carboxylic acids is 1. The minimum absolute atomic E-state index is 0.110. The molecule has 1 N–H and O–H groups in total. The van der Waals surface area contributed by atoms with E-state index in [4.69, 9.17) is 9.47 Å². The lowest BCUT2D eigenvalue weighted by Gasteiger charge is -2.24. The van der Waals surface area contributed by atoms with Crippen LogP contribution in [0.3, 0.4) is 0 Å². The van der Waals surface area contributed by atoms with Crippen molar-refractivity contribution in [1.82, 2.24) is 4.57 Å². The van der Waals surface area contributed by atoms with Gasteiger partial charge in [-0.25, -0.2) is 9.79 Å². The second-order valence-corrected chi connectivity index (χ2v) is 8.58. The van der Waals surface area contributed by atoms with Gasteiger partial charge in [-0.3, -0.25) is 9.36 Å². The molecule has 0 saturated carbocycles. The summed E-state index contributed by atoms with van der Waals surface area (Å²) in [6.45, 7) is 7.70. The number of carbonyl (C=O) groups is 1.